The van der Waals surface area contributed by atoms with Crippen molar-refractivity contribution in [3.05, 3.63) is 0 Å². The lowest BCUT2D eigenvalue weighted by molar-refractivity contribution is -0.143. The van der Waals surface area contributed by atoms with Crippen LogP contribution in [0.5, 0.6) is 0 Å². The van der Waals surface area contributed by atoms with Gasteiger partial charge in [0, 0.05) is 6.42 Å². The maximum absolute atomic E-state index is 12.5. The summed E-state index contributed by atoms with van der Waals surface area (Å²) in [6.07, 6.45) is 1.68. The normalized spacial score (nSPS) is 15.3. The van der Waals surface area contributed by atoms with Crippen LogP contribution in [0, 0.1) is 5.92 Å². The van der Waals surface area contributed by atoms with Gasteiger partial charge in [-0.25, -0.2) is 4.79 Å². The maximum Gasteiger partial charge on any atom is 0.326 e. The zero-order valence-electron chi connectivity index (χ0n) is 15.9. The van der Waals surface area contributed by atoms with Gasteiger partial charge in [0.25, 0.3) is 0 Å². The van der Waals surface area contributed by atoms with Gasteiger partial charge in [-0.2, -0.15) is 0 Å². The Morgan fingerprint density at radius 3 is 2.11 bits per heavy atom. The van der Waals surface area contributed by atoms with Crippen LogP contribution in [0.3, 0.4) is 0 Å². The molecule has 0 aliphatic carbocycles. The number of unbranched alkanes of at least 4 members (excludes halogenated alkanes) is 1. The van der Waals surface area contributed by atoms with Gasteiger partial charge in [-0.1, -0.05) is 20.3 Å². The number of carboxylic acid groups (broad SMARTS) is 2. The molecular formula is C17H32N4O6. The number of carboxylic acids is 2. The van der Waals surface area contributed by atoms with Crippen molar-refractivity contribution in [3.63, 3.8) is 0 Å². The van der Waals surface area contributed by atoms with E-state index in [-0.39, 0.29) is 25.2 Å². The molecule has 0 fully saturated rings. The first-order valence-corrected chi connectivity index (χ1v) is 9.14. The number of hydrogen-bond donors (Lipinski definition) is 6. The molecule has 10 heteroatoms. The summed E-state index contributed by atoms with van der Waals surface area (Å²) in [6, 6.07) is -3.11. The third kappa shape index (κ3) is 9.90. The highest BCUT2D eigenvalue weighted by Gasteiger charge is 2.30. The minimum atomic E-state index is -1.15. The molecule has 0 rings (SSSR count). The van der Waals surface area contributed by atoms with Crippen molar-refractivity contribution < 1.29 is 29.4 Å². The van der Waals surface area contributed by atoms with Gasteiger partial charge in [0.05, 0.1) is 6.04 Å². The van der Waals surface area contributed by atoms with Crippen LogP contribution in [-0.2, 0) is 19.2 Å². The second-order valence-corrected chi connectivity index (χ2v) is 6.59. The van der Waals surface area contributed by atoms with Crippen LogP contribution in [-0.4, -0.2) is 58.6 Å². The molecule has 4 atom stereocenters. The second kappa shape index (κ2) is 13.0. The van der Waals surface area contributed by atoms with Gasteiger partial charge >= 0.3 is 11.9 Å². The molecule has 0 aromatic rings. The summed E-state index contributed by atoms with van der Waals surface area (Å²) in [5.41, 5.74) is 11.1. The summed E-state index contributed by atoms with van der Waals surface area (Å²) in [5.74, 6) is -3.78. The van der Waals surface area contributed by atoms with Crippen LogP contribution in [0.4, 0.5) is 0 Å². The SMILES string of the molecule is CCC(C)C(NC(=O)C(CCCCN)NC(=O)C(N)CCC(=O)O)C(=O)O. The molecular weight excluding hydrogens is 356 g/mol. The molecule has 4 unspecified atom stereocenters. The minimum Gasteiger partial charge on any atom is -0.481 e. The number of rotatable bonds is 14. The van der Waals surface area contributed by atoms with Crippen molar-refractivity contribution in [1.82, 2.24) is 10.6 Å². The van der Waals surface area contributed by atoms with Crippen LogP contribution in [0.2, 0.25) is 0 Å². The fourth-order valence-electron chi connectivity index (χ4n) is 2.39. The average molecular weight is 388 g/mol. The van der Waals surface area contributed by atoms with Gasteiger partial charge in [0.15, 0.2) is 0 Å². The summed E-state index contributed by atoms with van der Waals surface area (Å²) in [4.78, 5) is 46.7. The molecule has 8 N–H and O–H groups in total. The molecule has 0 saturated carbocycles. The number of hydrogen-bond acceptors (Lipinski definition) is 6. The van der Waals surface area contributed by atoms with E-state index in [0.29, 0.717) is 25.8 Å². The molecule has 0 heterocycles. The largest absolute Gasteiger partial charge is 0.481 e. The van der Waals surface area contributed by atoms with E-state index in [0.717, 1.165) is 0 Å². The fourth-order valence-corrected chi connectivity index (χ4v) is 2.39. The Morgan fingerprint density at radius 1 is 1.00 bits per heavy atom. The molecule has 0 saturated heterocycles. The van der Waals surface area contributed by atoms with E-state index in [1.54, 1.807) is 6.92 Å². The van der Waals surface area contributed by atoms with Crippen LogP contribution in [0.25, 0.3) is 0 Å². The number of nitrogens with one attached hydrogen (secondary N) is 2. The molecule has 156 valence electrons. The quantitative estimate of drug-likeness (QED) is 0.213. The first-order valence-electron chi connectivity index (χ1n) is 9.14. The van der Waals surface area contributed by atoms with Gasteiger partial charge in [0.2, 0.25) is 11.8 Å². The molecule has 27 heavy (non-hydrogen) atoms. The molecule has 0 radical (unpaired) electrons. The molecule has 0 aromatic heterocycles. The van der Waals surface area contributed by atoms with E-state index in [2.05, 4.69) is 10.6 Å². The van der Waals surface area contributed by atoms with Crippen LogP contribution in [0.15, 0.2) is 0 Å². The standard InChI is InChI=1S/C17H32N4O6/c1-3-10(2)14(17(26)27)21-16(25)12(6-4-5-9-18)20-15(24)11(19)7-8-13(22)23/h10-12,14H,3-9,18-19H2,1-2H3,(H,20,24)(H,21,25)(H,22,23)(H,26,27). The van der Waals surface area contributed by atoms with Gasteiger partial charge < -0.3 is 32.3 Å². The van der Waals surface area contributed by atoms with Crippen molar-refractivity contribution in [2.24, 2.45) is 17.4 Å². The summed E-state index contributed by atoms with van der Waals surface area (Å²) in [6.45, 7) is 3.95. The van der Waals surface area contributed by atoms with Crippen LogP contribution >= 0.6 is 0 Å². The Balaban J connectivity index is 5.04. The second-order valence-electron chi connectivity index (χ2n) is 6.59. The Morgan fingerprint density at radius 2 is 1.63 bits per heavy atom. The van der Waals surface area contributed by atoms with Gasteiger partial charge in [-0.15, -0.1) is 0 Å². The van der Waals surface area contributed by atoms with E-state index in [4.69, 9.17) is 16.6 Å². The zero-order valence-corrected chi connectivity index (χ0v) is 15.9. The number of amides is 2. The summed E-state index contributed by atoms with van der Waals surface area (Å²) < 4.78 is 0. The van der Waals surface area contributed by atoms with E-state index < -0.39 is 41.9 Å². The number of carbonyl (C=O) groups is 4. The Bertz CT molecular complexity index is 514. The van der Waals surface area contributed by atoms with E-state index >= 15 is 0 Å². The van der Waals surface area contributed by atoms with Crippen molar-refractivity contribution in [2.45, 2.75) is 70.5 Å². The smallest absolute Gasteiger partial charge is 0.326 e. The van der Waals surface area contributed by atoms with Gasteiger partial charge in [0.1, 0.15) is 12.1 Å². The van der Waals surface area contributed by atoms with Crippen LogP contribution in [0.1, 0.15) is 52.4 Å². The summed E-state index contributed by atoms with van der Waals surface area (Å²) >= 11 is 0. The fraction of sp³-hybridized carbons (Fsp3) is 0.765. The lowest BCUT2D eigenvalue weighted by Gasteiger charge is -2.25. The Kier molecular flexibility index (Phi) is 12.0. The van der Waals surface area contributed by atoms with Crippen molar-refractivity contribution in [1.29, 1.82) is 0 Å². The summed E-state index contributed by atoms with van der Waals surface area (Å²) in [7, 11) is 0. The van der Waals surface area contributed by atoms with E-state index in [1.807, 2.05) is 6.92 Å². The lowest BCUT2D eigenvalue weighted by Crippen LogP contribution is -2.55. The third-order valence-electron chi connectivity index (χ3n) is 4.36. The summed E-state index contributed by atoms with van der Waals surface area (Å²) in [5, 5.41) is 22.9. The first-order chi connectivity index (χ1) is 12.6. The molecule has 0 aliphatic rings. The highest BCUT2D eigenvalue weighted by atomic mass is 16.4. The molecule has 0 aromatic carbocycles. The van der Waals surface area contributed by atoms with E-state index in [9.17, 15) is 24.3 Å². The number of aliphatic carboxylic acids is 2. The number of nitrogens with two attached hydrogens (primary N) is 2. The highest BCUT2D eigenvalue weighted by Crippen LogP contribution is 2.10. The molecule has 0 aliphatic heterocycles. The lowest BCUT2D eigenvalue weighted by atomic mass is 9.98. The Hall–Kier alpha value is -2.20. The Labute approximate surface area is 159 Å². The third-order valence-corrected chi connectivity index (χ3v) is 4.36. The predicted octanol–water partition coefficient (Wildman–Crippen LogP) is -0.592. The highest BCUT2D eigenvalue weighted by molar-refractivity contribution is 5.91. The minimum absolute atomic E-state index is 0.0665. The average Bonchev–Trinajstić information content (AvgIpc) is 2.61. The van der Waals surface area contributed by atoms with Gasteiger partial charge in [-0.3, -0.25) is 14.4 Å². The molecule has 2 amide bonds. The van der Waals surface area contributed by atoms with Crippen LogP contribution < -0.4 is 22.1 Å². The van der Waals surface area contributed by atoms with E-state index in [1.165, 1.54) is 0 Å². The molecule has 10 nitrogen and oxygen atoms in total. The topological polar surface area (TPSA) is 185 Å². The monoisotopic (exact) mass is 388 g/mol. The molecule has 0 spiro atoms. The maximum atomic E-state index is 12.5. The van der Waals surface area contributed by atoms with Crippen molar-refractivity contribution >= 4 is 23.8 Å². The number of carbonyl (C=O) groups excluding carboxylic acids is 2. The molecule has 0 bridgehead atoms. The van der Waals surface area contributed by atoms with Gasteiger partial charge in [-0.05, 0) is 38.1 Å². The zero-order chi connectivity index (χ0) is 21.0. The van der Waals surface area contributed by atoms with Crippen molar-refractivity contribution in [2.75, 3.05) is 6.54 Å². The first kappa shape index (κ1) is 24.8. The predicted molar refractivity (Wildman–Crippen MR) is 98.7 cm³/mol. The van der Waals surface area contributed by atoms with Crippen molar-refractivity contribution in [3.8, 4) is 0 Å².